The number of rotatable bonds is 8. The molecule has 2 heterocycles. The second-order valence-electron chi connectivity index (χ2n) is 6.82. The Morgan fingerprint density at radius 2 is 1.20 bits per heavy atom. The number of nitrogens with zero attached hydrogens (tertiary/aromatic N) is 2. The second kappa shape index (κ2) is 10.6. The molecule has 2 bridgehead atoms. The van der Waals surface area contributed by atoms with Crippen LogP contribution in [0.3, 0.4) is 0 Å². The van der Waals surface area contributed by atoms with Crippen LogP contribution in [0.15, 0.2) is 24.3 Å². The number of hydrogen-bond donors (Lipinski definition) is 0. The number of benzene rings is 1. The van der Waals surface area contributed by atoms with Crippen LogP contribution in [0.1, 0.15) is 39.5 Å². The van der Waals surface area contributed by atoms with Crippen LogP contribution in [0.5, 0.6) is 11.5 Å². The van der Waals surface area contributed by atoms with Crippen LogP contribution >= 0.6 is 0 Å². The molecule has 1 aromatic carbocycles. The van der Waals surface area contributed by atoms with Crippen LogP contribution in [-0.4, -0.2) is 62.7 Å². The summed E-state index contributed by atoms with van der Waals surface area (Å²) < 4.78 is 18.3. The lowest BCUT2D eigenvalue weighted by Crippen LogP contribution is -2.44. The van der Waals surface area contributed by atoms with Crippen LogP contribution < -0.4 is 9.47 Å². The molecule has 0 fully saturated rings. The fraction of sp³-hybridized carbons (Fsp3) is 0.700. The van der Waals surface area contributed by atoms with Gasteiger partial charge < -0.3 is 14.2 Å². The van der Waals surface area contributed by atoms with Crippen LogP contribution in [0.25, 0.3) is 0 Å². The van der Waals surface area contributed by atoms with Gasteiger partial charge in [0.25, 0.3) is 0 Å². The Bertz CT molecular complexity index is 437. The quantitative estimate of drug-likeness (QED) is 0.669. The topological polar surface area (TPSA) is 34.2 Å². The van der Waals surface area contributed by atoms with E-state index in [-0.39, 0.29) is 12.5 Å². The van der Waals surface area contributed by atoms with Crippen LogP contribution in [0.2, 0.25) is 0 Å². The summed E-state index contributed by atoms with van der Waals surface area (Å²) in [5, 5.41) is 0. The molecule has 0 N–H and O–H groups in total. The molecule has 0 aliphatic carbocycles. The van der Waals surface area contributed by atoms with Crippen molar-refractivity contribution in [2.24, 2.45) is 0 Å². The largest absolute Gasteiger partial charge is 0.473 e. The third-order valence-electron chi connectivity index (χ3n) is 4.60. The number of fused-ring (bicyclic) bond motifs is 8. The van der Waals surface area contributed by atoms with Gasteiger partial charge in [0.1, 0.15) is 11.5 Å². The first-order valence-corrected chi connectivity index (χ1v) is 9.55. The molecule has 142 valence electrons. The Labute approximate surface area is 152 Å². The molecule has 0 saturated carbocycles. The highest BCUT2D eigenvalue weighted by Crippen LogP contribution is 2.22. The zero-order valence-electron chi connectivity index (χ0n) is 16.2. The van der Waals surface area contributed by atoms with Crippen molar-refractivity contribution in [3.05, 3.63) is 24.3 Å². The highest BCUT2D eigenvalue weighted by Gasteiger charge is 2.22. The van der Waals surface area contributed by atoms with Gasteiger partial charge in [0.05, 0.1) is 13.2 Å². The Kier molecular flexibility index (Phi) is 8.52. The van der Waals surface area contributed by atoms with Crippen LogP contribution in [0, 0.1) is 0 Å². The normalized spacial score (nSPS) is 21.0. The predicted octanol–water partition coefficient (Wildman–Crippen LogP) is 3.59. The van der Waals surface area contributed by atoms with E-state index in [4.69, 9.17) is 14.2 Å². The Morgan fingerprint density at radius 1 is 0.800 bits per heavy atom. The van der Waals surface area contributed by atoms with Gasteiger partial charge >= 0.3 is 0 Å². The van der Waals surface area contributed by atoms with Crippen LogP contribution in [-0.2, 0) is 4.74 Å². The van der Waals surface area contributed by atoms with Crippen molar-refractivity contribution in [2.75, 3.05) is 40.4 Å². The van der Waals surface area contributed by atoms with E-state index in [2.05, 4.69) is 37.7 Å². The molecule has 0 radical (unpaired) electrons. The Morgan fingerprint density at radius 3 is 1.56 bits per heavy atom. The first kappa shape index (κ1) is 20.0. The van der Waals surface area contributed by atoms with Gasteiger partial charge in [0.15, 0.2) is 12.5 Å². The van der Waals surface area contributed by atoms with Crippen molar-refractivity contribution in [3.63, 3.8) is 0 Å². The van der Waals surface area contributed by atoms with Crippen molar-refractivity contribution in [1.29, 1.82) is 0 Å². The Hall–Kier alpha value is -1.30. The van der Waals surface area contributed by atoms with E-state index in [1.54, 1.807) is 0 Å². The smallest absolute Gasteiger partial charge is 0.175 e. The molecule has 0 aromatic heterocycles. The van der Waals surface area contributed by atoms with Gasteiger partial charge in [-0.3, -0.25) is 9.80 Å². The molecule has 1 aromatic rings. The van der Waals surface area contributed by atoms with E-state index in [1.165, 1.54) is 12.8 Å². The monoisotopic (exact) mass is 350 g/mol. The van der Waals surface area contributed by atoms with Gasteiger partial charge in [-0.05, 0) is 51.2 Å². The fourth-order valence-corrected chi connectivity index (χ4v) is 2.79. The molecule has 0 spiro atoms. The summed E-state index contributed by atoms with van der Waals surface area (Å²) in [5.74, 6) is 1.70. The maximum atomic E-state index is 6.15. The number of unbranched alkanes of at least 4 members (excludes halogenated alkanes) is 2. The first-order chi connectivity index (χ1) is 12.1. The lowest BCUT2D eigenvalue weighted by molar-refractivity contribution is -0.0740. The summed E-state index contributed by atoms with van der Waals surface area (Å²) in [6.45, 7) is 7.47. The lowest BCUT2D eigenvalue weighted by atomic mass is 10.3. The molecule has 2 atom stereocenters. The van der Waals surface area contributed by atoms with Crippen molar-refractivity contribution < 1.29 is 14.2 Å². The van der Waals surface area contributed by atoms with Crippen molar-refractivity contribution in [3.8, 4) is 11.5 Å². The molecule has 2 unspecified atom stereocenters. The molecule has 2 aliphatic rings. The minimum atomic E-state index is -0.0860. The van der Waals surface area contributed by atoms with Gasteiger partial charge in [-0.25, -0.2) is 0 Å². The molecule has 25 heavy (non-hydrogen) atoms. The van der Waals surface area contributed by atoms with Crippen molar-refractivity contribution in [2.45, 2.75) is 52.0 Å². The summed E-state index contributed by atoms with van der Waals surface area (Å²) >= 11 is 0. The van der Waals surface area contributed by atoms with Crippen molar-refractivity contribution >= 4 is 0 Å². The summed E-state index contributed by atoms with van der Waals surface area (Å²) in [5.41, 5.74) is 0. The summed E-state index contributed by atoms with van der Waals surface area (Å²) in [6, 6.07) is 7.91. The summed E-state index contributed by atoms with van der Waals surface area (Å²) in [4.78, 5) is 4.46. The van der Waals surface area contributed by atoms with E-state index in [9.17, 15) is 0 Å². The number of ether oxygens (including phenoxy) is 3. The van der Waals surface area contributed by atoms with Gasteiger partial charge in [-0.15, -0.1) is 0 Å². The van der Waals surface area contributed by atoms with Crippen molar-refractivity contribution in [1.82, 2.24) is 9.80 Å². The van der Waals surface area contributed by atoms with E-state index in [1.807, 2.05) is 24.3 Å². The van der Waals surface area contributed by atoms with E-state index < -0.39 is 0 Å². The zero-order valence-corrected chi connectivity index (χ0v) is 16.2. The standard InChI is InChI=1S/C20H34N2O3/c1-5-7-13-21(3)19-15-23-16-20(22(4)14-8-6-2)25-18-11-9-17(24-19)10-12-18/h9-12,19-20H,5-8,13-16H2,1-4H3. The minimum absolute atomic E-state index is 0.0860. The molecule has 0 saturated heterocycles. The van der Waals surface area contributed by atoms with Gasteiger partial charge in [0, 0.05) is 13.1 Å². The molecular weight excluding hydrogens is 316 g/mol. The van der Waals surface area contributed by atoms with E-state index >= 15 is 0 Å². The highest BCUT2D eigenvalue weighted by molar-refractivity contribution is 5.31. The molecule has 5 heteroatoms. The molecule has 3 rings (SSSR count). The summed E-state index contributed by atoms with van der Waals surface area (Å²) in [7, 11) is 4.19. The zero-order chi connectivity index (χ0) is 18.1. The summed E-state index contributed by atoms with van der Waals surface area (Å²) in [6.07, 6.45) is 4.48. The molecule has 5 nitrogen and oxygen atoms in total. The first-order valence-electron chi connectivity index (χ1n) is 9.55. The van der Waals surface area contributed by atoms with Crippen LogP contribution in [0.4, 0.5) is 0 Å². The maximum absolute atomic E-state index is 6.15. The minimum Gasteiger partial charge on any atom is -0.473 e. The third-order valence-corrected chi connectivity index (χ3v) is 4.60. The van der Waals surface area contributed by atoms with Gasteiger partial charge in [-0.2, -0.15) is 0 Å². The molecule has 2 aliphatic heterocycles. The fourth-order valence-electron chi connectivity index (χ4n) is 2.79. The van der Waals surface area contributed by atoms with E-state index in [0.717, 1.165) is 37.4 Å². The van der Waals surface area contributed by atoms with Gasteiger partial charge in [0.2, 0.25) is 0 Å². The molecular formula is C20H34N2O3. The predicted molar refractivity (Wildman–Crippen MR) is 101 cm³/mol. The molecule has 0 amide bonds. The Balaban J connectivity index is 2.07. The SMILES string of the molecule is CCCCN(C)C1COCC(N(C)CCCC)Oc2ccc(cc2)O1. The highest BCUT2D eigenvalue weighted by atomic mass is 16.6. The third kappa shape index (κ3) is 6.49. The lowest BCUT2D eigenvalue weighted by Gasteiger charge is -2.30. The maximum Gasteiger partial charge on any atom is 0.175 e. The number of hydrogen-bond acceptors (Lipinski definition) is 5. The average Bonchev–Trinajstić information content (AvgIpc) is 2.70. The van der Waals surface area contributed by atoms with E-state index in [0.29, 0.717) is 13.2 Å². The average molecular weight is 351 g/mol. The number of likely N-dealkylation sites (N-methyl/N-ethyl adjacent to an activating group) is 2. The van der Waals surface area contributed by atoms with Gasteiger partial charge in [-0.1, -0.05) is 26.7 Å². The second-order valence-corrected chi connectivity index (χ2v) is 6.82.